The molecule has 1 atom stereocenters. The molecule has 6 heteroatoms. The van der Waals surface area contributed by atoms with E-state index < -0.39 is 12.1 Å². The largest absolute Gasteiger partial charge is 0.496 e. The van der Waals surface area contributed by atoms with Crippen LogP contribution in [-0.2, 0) is 6.61 Å². The van der Waals surface area contributed by atoms with Crippen molar-refractivity contribution in [1.82, 2.24) is 5.06 Å². The number of hydrogen-bond acceptors (Lipinski definition) is 5. The quantitative estimate of drug-likeness (QED) is 0.595. The number of amides is 1. The number of hydroxylamine groups is 2. The van der Waals surface area contributed by atoms with E-state index in [2.05, 4.69) is 5.32 Å². The predicted octanol–water partition coefficient (Wildman–Crippen LogP) is 4.85. The molecule has 30 heavy (non-hydrogen) atoms. The molecule has 154 valence electrons. The molecule has 1 aliphatic heterocycles. The van der Waals surface area contributed by atoms with Crippen LogP contribution in [0.3, 0.4) is 0 Å². The number of rotatable bonds is 5. The van der Waals surface area contributed by atoms with E-state index >= 15 is 0 Å². The van der Waals surface area contributed by atoms with Crippen molar-refractivity contribution in [3.63, 3.8) is 0 Å². The molecule has 0 radical (unpaired) electrons. The zero-order valence-corrected chi connectivity index (χ0v) is 17.2. The normalized spacial score (nSPS) is 15.4. The highest BCUT2D eigenvalue weighted by Crippen LogP contribution is 2.34. The maximum absolute atomic E-state index is 12.6. The summed E-state index contributed by atoms with van der Waals surface area (Å²) in [7, 11) is 1.60. The standard InChI is InChI=1S/C24H24N2O4/c1-15-7-6-10-21(16(15)2)30-14-18-13-17(11-12-22(18)29-3)23-25-20-9-5-4-8-19(20)24(27)26(23)28/h4-13,23,25,28H,14H2,1-3H3/t23-/m0/s1. The zero-order valence-electron chi connectivity index (χ0n) is 17.2. The summed E-state index contributed by atoms with van der Waals surface area (Å²) < 4.78 is 11.5. The number of hydrogen-bond donors (Lipinski definition) is 2. The van der Waals surface area contributed by atoms with Crippen LogP contribution in [0.25, 0.3) is 0 Å². The monoisotopic (exact) mass is 404 g/mol. The maximum atomic E-state index is 12.6. The lowest BCUT2D eigenvalue weighted by Crippen LogP contribution is -2.40. The van der Waals surface area contributed by atoms with Crippen molar-refractivity contribution in [2.75, 3.05) is 12.4 Å². The average molecular weight is 404 g/mol. The number of fused-ring (bicyclic) bond motifs is 1. The lowest BCUT2D eigenvalue weighted by Gasteiger charge is -2.33. The summed E-state index contributed by atoms with van der Waals surface area (Å²) in [6, 6.07) is 18.6. The third kappa shape index (κ3) is 3.57. The molecule has 3 aromatic rings. The van der Waals surface area contributed by atoms with Gasteiger partial charge in [-0.05, 0) is 60.9 Å². The van der Waals surface area contributed by atoms with E-state index in [9.17, 15) is 10.0 Å². The Morgan fingerprint density at radius 1 is 1.03 bits per heavy atom. The van der Waals surface area contributed by atoms with Crippen LogP contribution in [0.15, 0.2) is 60.7 Å². The highest BCUT2D eigenvalue weighted by molar-refractivity contribution is 6.01. The molecule has 0 saturated heterocycles. The van der Waals surface area contributed by atoms with Crippen LogP contribution in [0.4, 0.5) is 5.69 Å². The van der Waals surface area contributed by atoms with Gasteiger partial charge in [0.05, 0.1) is 12.7 Å². The number of nitrogens with one attached hydrogen (secondary N) is 1. The fraction of sp³-hybridized carbons (Fsp3) is 0.208. The molecule has 0 saturated carbocycles. The Balaban J connectivity index is 1.63. The second-order valence-electron chi connectivity index (χ2n) is 7.30. The number of anilines is 1. The molecule has 0 aromatic heterocycles. The van der Waals surface area contributed by atoms with E-state index in [1.807, 2.05) is 62.4 Å². The number of ether oxygens (including phenoxy) is 2. The Labute approximate surface area is 175 Å². The molecule has 0 bridgehead atoms. The molecule has 0 fully saturated rings. The van der Waals surface area contributed by atoms with Crippen molar-refractivity contribution in [1.29, 1.82) is 0 Å². The van der Waals surface area contributed by atoms with Gasteiger partial charge in [-0.2, -0.15) is 5.06 Å². The van der Waals surface area contributed by atoms with Gasteiger partial charge in [-0.25, -0.2) is 0 Å². The molecule has 0 aliphatic carbocycles. The molecule has 3 aromatic carbocycles. The Hall–Kier alpha value is -3.51. The number of methoxy groups -OCH3 is 1. The van der Waals surface area contributed by atoms with Crippen LogP contribution >= 0.6 is 0 Å². The van der Waals surface area contributed by atoms with Gasteiger partial charge in [0.2, 0.25) is 0 Å². The van der Waals surface area contributed by atoms with Gasteiger partial charge in [0.1, 0.15) is 18.1 Å². The van der Waals surface area contributed by atoms with Crippen LogP contribution in [0.2, 0.25) is 0 Å². The van der Waals surface area contributed by atoms with Gasteiger partial charge in [-0.3, -0.25) is 10.0 Å². The van der Waals surface area contributed by atoms with Crippen LogP contribution in [0.1, 0.15) is 38.8 Å². The molecule has 1 aliphatic rings. The predicted molar refractivity (Wildman–Crippen MR) is 114 cm³/mol. The Kier molecular flexibility index (Phi) is 5.33. The molecule has 0 spiro atoms. The van der Waals surface area contributed by atoms with Gasteiger partial charge in [-0.15, -0.1) is 0 Å². The highest BCUT2D eigenvalue weighted by Gasteiger charge is 2.32. The van der Waals surface area contributed by atoms with Gasteiger partial charge in [0.25, 0.3) is 5.91 Å². The third-order valence-electron chi connectivity index (χ3n) is 5.46. The van der Waals surface area contributed by atoms with Crippen LogP contribution in [-0.4, -0.2) is 23.3 Å². The number of carbonyl (C=O) groups is 1. The second-order valence-corrected chi connectivity index (χ2v) is 7.30. The van der Waals surface area contributed by atoms with Crippen LogP contribution in [0, 0.1) is 13.8 Å². The highest BCUT2D eigenvalue weighted by atomic mass is 16.5. The minimum atomic E-state index is -0.710. The number of para-hydroxylation sites is 1. The SMILES string of the molecule is COc1ccc([C@H]2Nc3ccccc3C(=O)N2O)cc1COc1cccc(C)c1C. The summed E-state index contributed by atoms with van der Waals surface area (Å²) in [6.07, 6.45) is -0.710. The topological polar surface area (TPSA) is 71.0 Å². The summed E-state index contributed by atoms with van der Waals surface area (Å²) >= 11 is 0. The molecule has 2 N–H and O–H groups in total. The summed E-state index contributed by atoms with van der Waals surface area (Å²) in [5.41, 5.74) is 4.90. The summed E-state index contributed by atoms with van der Waals surface area (Å²) in [5.74, 6) is 1.04. The van der Waals surface area contributed by atoms with Gasteiger partial charge in [0.15, 0.2) is 6.17 Å². The minimum absolute atomic E-state index is 0.296. The van der Waals surface area contributed by atoms with Gasteiger partial charge < -0.3 is 14.8 Å². The van der Waals surface area contributed by atoms with E-state index in [0.29, 0.717) is 23.6 Å². The second kappa shape index (κ2) is 8.08. The Morgan fingerprint density at radius 2 is 1.83 bits per heavy atom. The van der Waals surface area contributed by atoms with Gasteiger partial charge in [0, 0.05) is 11.3 Å². The van der Waals surface area contributed by atoms with Crippen molar-refractivity contribution in [3.05, 3.63) is 88.5 Å². The van der Waals surface area contributed by atoms with Gasteiger partial charge >= 0.3 is 0 Å². The molecule has 6 nitrogen and oxygen atoms in total. The number of carbonyl (C=O) groups excluding carboxylic acids is 1. The summed E-state index contributed by atoms with van der Waals surface area (Å²) in [4.78, 5) is 12.6. The fourth-order valence-electron chi connectivity index (χ4n) is 3.59. The summed E-state index contributed by atoms with van der Waals surface area (Å²) in [6.45, 7) is 4.36. The maximum Gasteiger partial charge on any atom is 0.281 e. The molecular weight excluding hydrogens is 380 g/mol. The Bertz CT molecular complexity index is 1100. The first-order valence-corrected chi connectivity index (χ1v) is 9.73. The molecular formula is C24H24N2O4. The molecule has 1 heterocycles. The van der Waals surface area contributed by atoms with E-state index in [1.54, 1.807) is 19.2 Å². The average Bonchev–Trinajstić information content (AvgIpc) is 2.77. The minimum Gasteiger partial charge on any atom is -0.496 e. The lowest BCUT2D eigenvalue weighted by molar-refractivity contribution is -0.0851. The first kappa shape index (κ1) is 19.8. The lowest BCUT2D eigenvalue weighted by atomic mass is 10.0. The third-order valence-corrected chi connectivity index (χ3v) is 5.46. The number of nitrogens with zero attached hydrogens (tertiary/aromatic N) is 1. The molecule has 0 unspecified atom stereocenters. The van der Waals surface area contributed by atoms with E-state index in [-0.39, 0.29) is 0 Å². The van der Waals surface area contributed by atoms with Crippen molar-refractivity contribution in [2.45, 2.75) is 26.6 Å². The van der Waals surface area contributed by atoms with Crippen LogP contribution < -0.4 is 14.8 Å². The number of benzene rings is 3. The first-order valence-electron chi connectivity index (χ1n) is 9.73. The van der Waals surface area contributed by atoms with Crippen molar-refractivity contribution in [2.24, 2.45) is 0 Å². The van der Waals surface area contributed by atoms with E-state index in [0.717, 1.165) is 33.1 Å². The molecule has 1 amide bonds. The van der Waals surface area contributed by atoms with E-state index in [4.69, 9.17) is 9.47 Å². The van der Waals surface area contributed by atoms with Gasteiger partial charge in [-0.1, -0.05) is 30.3 Å². The zero-order chi connectivity index (χ0) is 21.3. The van der Waals surface area contributed by atoms with Crippen LogP contribution in [0.5, 0.6) is 11.5 Å². The van der Waals surface area contributed by atoms with Crippen molar-refractivity contribution in [3.8, 4) is 11.5 Å². The van der Waals surface area contributed by atoms with Crippen molar-refractivity contribution >= 4 is 11.6 Å². The molecule has 4 rings (SSSR count). The Morgan fingerprint density at radius 3 is 2.63 bits per heavy atom. The van der Waals surface area contributed by atoms with E-state index in [1.165, 1.54) is 0 Å². The fourth-order valence-corrected chi connectivity index (χ4v) is 3.59. The number of aryl methyl sites for hydroxylation is 1. The van der Waals surface area contributed by atoms with Crippen molar-refractivity contribution < 1.29 is 19.5 Å². The first-order chi connectivity index (χ1) is 14.5. The smallest absolute Gasteiger partial charge is 0.281 e. The summed E-state index contributed by atoms with van der Waals surface area (Å²) in [5, 5.41) is 14.4.